The molecule has 0 spiro atoms. The molecule has 110 valence electrons. The van der Waals surface area contributed by atoms with Crippen LogP contribution in [0.5, 0.6) is 0 Å². The molecule has 0 heterocycles. The molecule has 1 aliphatic carbocycles. The molecule has 19 heavy (non-hydrogen) atoms. The van der Waals surface area contributed by atoms with E-state index in [1.54, 1.807) is 6.92 Å². The van der Waals surface area contributed by atoms with E-state index in [2.05, 4.69) is 19.2 Å². The number of ether oxygens (including phenoxy) is 2. The zero-order valence-corrected chi connectivity index (χ0v) is 12.1. The Labute approximate surface area is 115 Å². The normalized spacial score (nSPS) is 16.2. The molecule has 1 saturated carbocycles. The first-order valence-electron chi connectivity index (χ1n) is 7.04. The van der Waals surface area contributed by atoms with Gasteiger partial charge in [-0.15, -0.1) is 0 Å². The minimum atomic E-state index is -0.616. The summed E-state index contributed by atoms with van der Waals surface area (Å²) in [5.74, 6) is 0.439. The quantitative estimate of drug-likeness (QED) is 0.646. The SMILES string of the molecule is CC(C)CCOC(C)C(=O)OCC(=O)NCC1CC1. The smallest absolute Gasteiger partial charge is 0.335 e. The number of carbonyl (C=O) groups excluding carboxylic acids is 2. The number of nitrogens with one attached hydrogen (secondary N) is 1. The average molecular weight is 271 g/mol. The molecule has 0 aromatic carbocycles. The van der Waals surface area contributed by atoms with Gasteiger partial charge < -0.3 is 14.8 Å². The molecular formula is C14H25NO4. The van der Waals surface area contributed by atoms with Crippen molar-refractivity contribution in [3.63, 3.8) is 0 Å². The third-order valence-corrected chi connectivity index (χ3v) is 3.03. The summed E-state index contributed by atoms with van der Waals surface area (Å²) in [4.78, 5) is 22.9. The van der Waals surface area contributed by atoms with Gasteiger partial charge in [-0.2, -0.15) is 0 Å². The molecule has 0 saturated heterocycles. The van der Waals surface area contributed by atoms with Crippen molar-refractivity contribution in [2.45, 2.75) is 46.1 Å². The molecule has 0 aliphatic heterocycles. The predicted molar refractivity (Wildman–Crippen MR) is 71.6 cm³/mol. The van der Waals surface area contributed by atoms with Crippen molar-refractivity contribution in [1.29, 1.82) is 0 Å². The number of rotatable bonds is 9. The van der Waals surface area contributed by atoms with E-state index >= 15 is 0 Å². The highest BCUT2D eigenvalue weighted by Gasteiger charge is 2.22. The summed E-state index contributed by atoms with van der Waals surface area (Å²) >= 11 is 0. The van der Waals surface area contributed by atoms with Gasteiger partial charge in [-0.1, -0.05) is 13.8 Å². The van der Waals surface area contributed by atoms with E-state index in [4.69, 9.17) is 9.47 Å². The first-order valence-corrected chi connectivity index (χ1v) is 7.04. The van der Waals surface area contributed by atoms with Crippen molar-refractivity contribution in [3.8, 4) is 0 Å². The standard InChI is InChI=1S/C14H25NO4/c1-10(2)6-7-18-11(3)14(17)19-9-13(16)15-8-12-4-5-12/h10-12H,4-9H2,1-3H3,(H,15,16). The van der Waals surface area contributed by atoms with Gasteiger partial charge >= 0.3 is 5.97 Å². The van der Waals surface area contributed by atoms with Gasteiger partial charge in [-0.05, 0) is 38.0 Å². The summed E-state index contributed by atoms with van der Waals surface area (Å²) in [5.41, 5.74) is 0. The van der Waals surface area contributed by atoms with E-state index in [9.17, 15) is 9.59 Å². The van der Waals surface area contributed by atoms with E-state index in [1.807, 2.05) is 0 Å². The lowest BCUT2D eigenvalue weighted by molar-refractivity contribution is -0.159. The summed E-state index contributed by atoms with van der Waals surface area (Å²) in [5, 5.41) is 2.74. The molecule has 0 bridgehead atoms. The minimum Gasteiger partial charge on any atom is -0.454 e. The van der Waals surface area contributed by atoms with E-state index in [0.717, 1.165) is 6.42 Å². The average Bonchev–Trinajstić information content (AvgIpc) is 3.16. The van der Waals surface area contributed by atoms with Crippen LogP contribution < -0.4 is 5.32 Å². The van der Waals surface area contributed by atoms with Crippen LogP contribution in [0.2, 0.25) is 0 Å². The largest absolute Gasteiger partial charge is 0.454 e. The van der Waals surface area contributed by atoms with Crippen LogP contribution in [0.4, 0.5) is 0 Å². The van der Waals surface area contributed by atoms with Crippen molar-refractivity contribution in [3.05, 3.63) is 0 Å². The Kier molecular flexibility index (Phi) is 6.84. The van der Waals surface area contributed by atoms with Gasteiger partial charge in [0, 0.05) is 13.2 Å². The Balaban J connectivity index is 2.05. The molecule has 5 nitrogen and oxygen atoms in total. The monoisotopic (exact) mass is 271 g/mol. The molecule has 1 aliphatic rings. The molecule has 1 amide bonds. The van der Waals surface area contributed by atoms with Crippen molar-refractivity contribution < 1.29 is 19.1 Å². The number of hydrogen-bond donors (Lipinski definition) is 1. The van der Waals surface area contributed by atoms with Crippen LogP contribution in [0.25, 0.3) is 0 Å². The van der Waals surface area contributed by atoms with E-state index < -0.39 is 12.1 Å². The summed E-state index contributed by atoms with van der Waals surface area (Å²) in [6.45, 7) is 6.83. The number of hydrogen-bond acceptors (Lipinski definition) is 4. The van der Waals surface area contributed by atoms with Crippen LogP contribution in [0.3, 0.4) is 0 Å². The van der Waals surface area contributed by atoms with Crippen molar-refractivity contribution >= 4 is 11.9 Å². The number of esters is 1. The second-order valence-electron chi connectivity index (χ2n) is 5.55. The lowest BCUT2D eigenvalue weighted by Crippen LogP contribution is -2.33. The van der Waals surface area contributed by atoms with Gasteiger partial charge in [0.05, 0.1) is 0 Å². The maximum Gasteiger partial charge on any atom is 0.335 e. The second kappa shape index (κ2) is 8.15. The van der Waals surface area contributed by atoms with Crippen LogP contribution in [0.15, 0.2) is 0 Å². The topological polar surface area (TPSA) is 64.6 Å². The zero-order chi connectivity index (χ0) is 14.3. The van der Waals surface area contributed by atoms with Gasteiger partial charge in [0.1, 0.15) is 0 Å². The highest BCUT2D eigenvalue weighted by molar-refractivity contribution is 5.81. The van der Waals surface area contributed by atoms with E-state index in [-0.39, 0.29) is 12.5 Å². The summed E-state index contributed by atoms with van der Waals surface area (Å²) in [7, 11) is 0. The van der Waals surface area contributed by atoms with Crippen molar-refractivity contribution in [1.82, 2.24) is 5.32 Å². The Hall–Kier alpha value is -1.10. The van der Waals surface area contributed by atoms with Gasteiger partial charge in [0.25, 0.3) is 5.91 Å². The fourth-order valence-corrected chi connectivity index (χ4v) is 1.43. The Bertz CT molecular complexity index is 300. The van der Waals surface area contributed by atoms with E-state index in [0.29, 0.717) is 25.0 Å². The van der Waals surface area contributed by atoms with Crippen LogP contribution in [0, 0.1) is 11.8 Å². The summed E-state index contributed by atoms with van der Waals surface area (Å²) in [6, 6.07) is 0. The minimum absolute atomic E-state index is 0.219. The third-order valence-electron chi connectivity index (χ3n) is 3.03. The molecule has 0 radical (unpaired) electrons. The molecular weight excluding hydrogens is 246 g/mol. The fourth-order valence-electron chi connectivity index (χ4n) is 1.43. The molecule has 1 unspecified atom stereocenters. The highest BCUT2D eigenvalue weighted by Crippen LogP contribution is 2.27. The van der Waals surface area contributed by atoms with Crippen LogP contribution in [-0.2, 0) is 19.1 Å². The maximum atomic E-state index is 11.5. The summed E-state index contributed by atoms with van der Waals surface area (Å²) in [6.07, 6.45) is 2.65. The van der Waals surface area contributed by atoms with Crippen LogP contribution >= 0.6 is 0 Å². The second-order valence-corrected chi connectivity index (χ2v) is 5.55. The van der Waals surface area contributed by atoms with Crippen LogP contribution in [-0.4, -0.2) is 37.7 Å². The molecule has 5 heteroatoms. The Morgan fingerprint density at radius 1 is 1.26 bits per heavy atom. The Morgan fingerprint density at radius 3 is 2.53 bits per heavy atom. The molecule has 0 aromatic heterocycles. The van der Waals surface area contributed by atoms with Crippen LogP contribution in [0.1, 0.15) is 40.0 Å². The molecule has 0 aromatic rings. The third kappa shape index (κ3) is 7.82. The van der Waals surface area contributed by atoms with Gasteiger partial charge in [-0.3, -0.25) is 4.79 Å². The van der Waals surface area contributed by atoms with Gasteiger partial charge in [0.15, 0.2) is 12.7 Å². The van der Waals surface area contributed by atoms with Crippen molar-refractivity contribution in [2.24, 2.45) is 11.8 Å². The maximum absolute atomic E-state index is 11.5. The van der Waals surface area contributed by atoms with Gasteiger partial charge in [0.2, 0.25) is 0 Å². The lowest BCUT2D eigenvalue weighted by atomic mass is 10.1. The highest BCUT2D eigenvalue weighted by atomic mass is 16.6. The molecule has 1 N–H and O–H groups in total. The van der Waals surface area contributed by atoms with E-state index in [1.165, 1.54) is 12.8 Å². The molecule has 1 fully saturated rings. The summed E-state index contributed by atoms with van der Waals surface area (Å²) < 4.78 is 10.2. The molecule has 1 atom stereocenters. The Morgan fingerprint density at radius 2 is 1.95 bits per heavy atom. The predicted octanol–water partition coefficient (Wildman–Crippen LogP) is 1.51. The molecule has 1 rings (SSSR count). The first-order chi connectivity index (χ1) is 8.99. The number of carbonyl (C=O) groups is 2. The number of amides is 1. The fraction of sp³-hybridized carbons (Fsp3) is 0.857. The lowest BCUT2D eigenvalue weighted by Gasteiger charge is -2.13. The van der Waals surface area contributed by atoms with Gasteiger partial charge in [-0.25, -0.2) is 4.79 Å². The first kappa shape index (κ1) is 16.0. The van der Waals surface area contributed by atoms with Crippen molar-refractivity contribution in [2.75, 3.05) is 19.8 Å². The zero-order valence-electron chi connectivity index (χ0n) is 12.1.